The number of hydrazine groups is 1. The van der Waals surface area contributed by atoms with Crippen LogP contribution in [0.25, 0.3) is 0 Å². The summed E-state index contributed by atoms with van der Waals surface area (Å²) >= 11 is 5.11. The number of carbonyl (C=O) groups excluding carboxylic acids is 1. The van der Waals surface area contributed by atoms with Crippen molar-refractivity contribution in [3.63, 3.8) is 0 Å². The molecule has 2 rings (SSSR count). The Hall–Kier alpha value is -2.84. The van der Waals surface area contributed by atoms with E-state index in [4.69, 9.17) is 18.6 Å². The summed E-state index contributed by atoms with van der Waals surface area (Å²) in [6.45, 7) is 0. The van der Waals surface area contributed by atoms with E-state index < -0.39 is 5.92 Å². The second-order valence-corrected chi connectivity index (χ2v) is 4.85. The second-order valence-electron chi connectivity index (χ2n) is 4.44. The van der Waals surface area contributed by atoms with Gasteiger partial charge in [0.25, 0.3) is 5.91 Å². The van der Waals surface area contributed by atoms with Crippen molar-refractivity contribution in [3.8, 4) is 12.3 Å². The first kappa shape index (κ1) is 15.5. The number of amides is 1. The fourth-order valence-electron chi connectivity index (χ4n) is 1.84. The molecule has 1 amide bonds. The molecule has 5 heteroatoms. The molecule has 0 spiro atoms. The van der Waals surface area contributed by atoms with Gasteiger partial charge in [-0.15, -0.1) is 6.42 Å². The van der Waals surface area contributed by atoms with Gasteiger partial charge in [-0.3, -0.25) is 15.6 Å². The molecule has 1 unspecified atom stereocenters. The van der Waals surface area contributed by atoms with E-state index in [2.05, 4.69) is 22.1 Å². The van der Waals surface area contributed by atoms with E-state index in [0.717, 1.165) is 11.3 Å². The SMILES string of the molecule is C#CC(C(=O)NNC(=S)Nc1ccccc1)c1ccccc1. The van der Waals surface area contributed by atoms with Gasteiger partial charge in [0.2, 0.25) is 0 Å². The summed E-state index contributed by atoms with van der Waals surface area (Å²) < 4.78 is 0. The summed E-state index contributed by atoms with van der Waals surface area (Å²) in [4.78, 5) is 12.1. The molecule has 1 atom stereocenters. The normalized spacial score (nSPS) is 10.9. The van der Waals surface area contributed by atoms with Crippen LogP contribution < -0.4 is 16.2 Å². The maximum Gasteiger partial charge on any atom is 0.258 e. The Kier molecular flexibility index (Phi) is 5.52. The minimum atomic E-state index is -0.673. The molecule has 0 aliphatic heterocycles. The van der Waals surface area contributed by atoms with Gasteiger partial charge in [0, 0.05) is 5.69 Å². The Balaban J connectivity index is 1.89. The highest BCUT2D eigenvalue weighted by atomic mass is 32.1. The van der Waals surface area contributed by atoms with Crippen molar-refractivity contribution in [3.05, 3.63) is 66.2 Å². The minimum Gasteiger partial charge on any atom is -0.331 e. The molecule has 2 aromatic rings. The first-order valence-electron chi connectivity index (χ1n) is 6.63. The molecule has 2 aromatic carbocycles. The van der Waals surface area contributed by atoms with Crippen LogP contribution in [0.1, 0.15) is 11.5 Å². The van der Waals surface area contributed by atoms with Gasteiger partial charge in [0.05, 0.1) is 0 Å². The molecule has 0 aliphatic carbocycles. The standard InChI is InChI=1S/C17H15N3OS/c1-2-15(13-9-5-3-6-10-13)16(21)19-20-17(22)18-14-11-7-4-8-12-14/h1,3-12,15H,(H,19,21)(H2,18,20,22). The van der Waals surface area contributed by atoms with Crippen LogP contribution in [0.4, 0.5) is 5.69 Å². The first-order valence-corrected chi connectivity index (χ1v) is 7.04. The van der Waals surface area contributed by atoms with Crippen LogP contribution >= 0.6 is 12.2 Å². The van der Waals surface area contributed by atoms with Crippen LogP contribution in [0.5, 0.6) is 0 Å². The van der Waals surface area contributed by atoms with Gasteiger partial charge in [-0.1, -0.05) is 54.5 Å². The van der Waals surface area contributed by atoms with Gasteiger partial charge in [0.15, 0.2) is 5.11 Å². The number of para-hydroxylation sites is 1. The summed E-state index contributed by atoms with van der Waals surface area (Å²) in [6.07, 6.45) is 5.45. The predicted molar refractivity (Wildman–Crippen MR) is 92.0 cm³/mol. The van der Waals surface area contributed by atoms with Crippen LogP contribution in [-0.2, 0) is 4.79 Å². The van der Waals surface area contributed by atoms with Gasteiger partial charge in [0.1, 0.15) is 5.92 Å². The van der Waals surface area contributed by atoms with Crippen molar-refractivity contribution in [2.75, 3.05) is 5.32 Å². The van der Waals surface area contributed by atoms with Crippen molar-refractivity contribution in [2.24, 2.45) is 0 Å². The van der Waals surface area contributed by atoms with Crippen molar-refractivity contribution >= 4 is 28.9 Å². The number of anilines is 1. The predicted octanol–water partition coefficient (Wildman–Crippen LogP) is 2.42. The Labute approximate surface area is 134 Å². The van der Waals surface area contributed by atoms with E-state index in [9.17, 15) is 4.79 Å². The second kappa shape index (κ2) is 7.81. The smallest absolute Gasteiger partial charge is 0.258 e. The average molecular weight is 309 g/mol. The molecular formula is C17H15N3OS. The van der Waals surface area contributed by atoms with Crippen LogP contribution in [0.15, 0.2) is 60.7 Å². The fraction of sp³-hybridized carbons (Fsp3) is 0.0588. The Morgan fingerprint density at radius 2 is 1.59 bits per heavy atom. The molecule has 0 aromatic heterocycles. The number of hydrogen-bond acceptors (Lipinski definition) is 2. The zero-order valence-electron chi connectivity index (χ0n) is 11.7. The maximum absolute atomic E-state index is 12.1. The molecule has 0 aliphatic rings. The highest BCUT2D eigenvalue weighted by molar-refractivity contribution is 7.80. The molecule has 22 heavy (non-hydrogen) atoms. The lowest BCUT2D eigenvalue weighted by Gasteiger charge is -2.14. The maximum atomic E-state index is 12.1. The van der Waals surface area contributed by atoms with Crippen LogP contribution in [-0.4, -0.2) is 11.0 Å². The number of nitrogens with one attached hydrogen (secondary N) is 3. The van der Waals surface area contributed by atoms with Gasteiger partial charge in [-0.05, 0) is 29.9 Å². The highest BCUT2D eigenvalue weighted by Crippen LogP contribution is 2.14. The van der Waals surface area contributed by atoms with Crippen molar-refractivity contribution in [1.82, 2.24) is 10.9 Å². The van der Waals surface area contributed by atoms with Crippen molar-refractivity contribution in [2.45, 2.75) is 5.92 Å². The van der Waals surface area contributed by atoms with E-state index in [0.29, 0.717) is 0 Å². The Bertz CT molecular complexity index is 680. The fourth-order valence-corrected chi connectivity index (χ4v) is 2.01. The summed E-state index contributed by atoms with van der Waals surface area (Å²) in [5, 5.41) is 3.23. The monoisotopic (exact) mass is 309 g/mol. The molecular weight excluding hydrogens is 294 g/mol. The van der Waals surface area contributed by atoms with E-state index >= 15 is 0 Å². The van der Waals surface area contributed by atoms with Gasteiger partial charge >= 0.3 is 0 Å². The van der Waals surface area contributed by atoms with Crippen molar-refractivity contribution < 1.29 is 4.79 Å². The Morgan fingerprint density at radius 1 is 1.00 bits per heavy atom. The van der Waals surface area contributed by atoms with E-state index in [1.807, 2.05) is 60.7 Å². The molecule has 4 nitrogen and oxygen atoms in total. The van der Waals surface area contributed by atoms with Crippen LogP contribution in [0.3, 0.4) is 0 Å². The molecule has 0 saturated heterocycles. The van der Waals surface area contributed by atoms with Gasteiger partial charge < -0.3 is 5.32 Å². The lowest BCUT2D eigenvalue weighted by molar-refractivity contribution is -0.121. The number of benzene rings is 2. The quantitative estimate of drug-likeness (QED) is 0.463. The molecule has 0 radical (unpaired) electrons. The lowest BCUT2D eigenvalue weighted by Crippen LogP contribution is -2.45. The average Bonchev–Trinajstić information content (AvgIpc) is 2.55. The number of thiocarbonyl (C=S) groups is 1. The summed E-state index contributed by atoms with van der Waals surface area (Å²) in [6, 6.07) is 18.6. The number of terminal acetylenes is 1. The zero-order valence-corrected chi connectivity index (χ0v) is 12.6. The topological polar surface area (TPSA) is 53.2 Å². The van der Waals surface area contributed by atoms with E-state index in [1.165, 1.54) is 0 Å². The number of hydrogen-bond donors (Lipinski definition) is 3. The van der Waals surface area contributed by atoms with Gasteiger partial charge in [-0.25, -0.2) is 0 Å². The van der Waals surface area contributed by atoms with Crippen LogP contribution in [0, 0.1) is 12.3 Å². The number of rotatable bonds is 3. The van der Waals surface area contributed by atoms with Crippen molar-refractivity contribution in [1.29, 1.82) is 0 Å². The lowest BCUT2D eigenvalue weighted by atomic mass is 10.00. The minimum absolute atomic E-state index is 0.281. The zero-order chi connectivity index (χ0) is 15.8. The molecule has 0 saturated carbocycles. The summed E-state index contributed by atoms with van der Waals surface area (Å²) in [5.74, 6) is 1.46. The third-order valence-electron chi connectivity index (χ3n) is 2.89. The molecule has 0 fully saturated rings. The third kappa shape index (κ3) is 4.33. The molecule has 0 bridgehead atoms. The van der Waals surface area contributed by atoms with Gasteiger partial charge in [-0.2, -0.15) is 0 Å². The Morgan fingerprint density at radius 3 is 2.18 bits per heavy atom. The van der Waals surface area contributed by atoms with Crippen LogP contribution in [0.2, 0.25) is 0 Å². The van der Waals surface area contributed by atoms with E-state index in [1.54, 1.807) is 0 Å². The third-order valence-corrected chi connectivity index (χ3v) is 3.10. The summed E-state index contributed by atoms with van der Waals surface area (Å²) in [7, 11) is 0. The molecule has 0 heterocycles. The molecule has 3 N–H and O–H groups in total. The number of carbonyl (C=O) groups is 1. The first-order chi connectivity index (χ1) is 10.7. The molecule has 110 valence electrons. The largest absolute Gasteiger partial charge is 0.331 e. The van der Waals surface area contributed by atoms with E-state index in [-0.39, 0.29) is 11.0 Å². The summed E-state index contributed by atoms with van der Waals surface area (Å²) in [5.41, 5.74) is 6.74. The highest BCUT2D eigenvalue weighted by Gasteiger charge is 2.17.